The Bertz CT molecular complexity index is 1320. The smallest absolute Gasteiger partial charge is 0.294 e. The van der Waals surface area contributed by atoms with Crippen molar-refractivity contribution >= 4 is 57.4 Å². The molecule has 35 heavy (non-hydrogen) atoms. The monoisotopic (exact) mass is 507 g/mol. The number of likely N-dealkylation sites (tertiary alicyclic amines) is 1. The van der Waals surface area contributed by atoms with Crippen LogP contribution in [0.4, 0.5) is 4.79 Å². The summed E-state index contributed by atoms with van der Waals surface area (Å²) in [6.07, 6.45) is 7.88. The highest BCUT2D eigenvalue weighted by Crippen LogP contribution is 2.34. The zero-order chi connectivity index (χ0) is 24.4. The maximum Gasteiger partial charge on any atom is 0.294 e. The van der Waals surface area contributed by atoms with Crippen molar-refractivity contribution in [2.24, 2.45) is 0 Å². The molecule has 2 aliphatic rings. The molecule has 8 heteroatoms. The summed E-state index contributed by atoms with van der Waals surface area (Å²) in [7, 11) is 0. The third-order valence-electron chi connectivity index (χ3n) is 6.53. The quantitative estimate of drug-likeness (QED) is 0.410. The average Bonchev–Trinajstić information content (AvgIpc) is 3.17. The first-order valence-electron chi connectivity index (χ1n) is 11.9. The van der Waals surface area contributed by atoms with Crippen LogP contribution in [0.25, 0.3) is 17.0 Å². The Morgan fingerprint density at radius 1 is 0.971 bits per heavy atom. The molecule has 2 aromatic carbocycles. The highest BCUT2D eigenvalue weighted by molar-refractivity contribution is 8.18. The predicted molar refractivity (Wildman–Crippen MR) is 140 cm³/mol. The number of aromatic nitrogens is 1. The van der Waals surface area contributed by atoms with E-state index in [1.165, 1.54) is 0 Å². The molecule has 0 spiro atoms. The Hall–Kier alpha value is -3.03. The molecule has 0 bridgehead atoms. The van der Waals surface area contributed by atoms with Gasteiger partial charge in [-0.05, 0) is 48.4 Å². The molecule has 0 aliphatic carbocycles. The second-order valence-electron chi connectivity index (χ2n) is 8.88. The van der Waals surface area contributed by atoms with E-state index in [0.717, 1.165) is 64.4 Å². The largest absolute Gasteiger partial charge is 0.342 e. The maximum absolute atomic E-state index is 13.1. The molecule has 1 aromatic heterocycles. The van der Waals surface area contributed by atoms with E-state index in [2.05, 4.69) is 4.57 Å². The van der Waals surface area contributed by atoms with Crippen LogP contribution in [-0.2, 0) is 16.1 Å². The van der Waals surface area contributed by atoms with Crippen LogP contribution in [0, 0.1) is 0 Å². The van der Waals surface area contributed by atoms with Crippen LogP contribution in [0.3, 0.4) is 0 Å². The average molecular weight is 508 g/mol. The molecular weight excluding hydrogens is 482 g/mol. The van der Waals surface area contributed by atoms with Crippen molar-refractivity contribution in [1.82, 2.24) is 14.4 Å². The predicted octanol–water partition coefficient (Wildman–Crippen LogP) is 5.78. The molecular formula is C27H26ClN3O3S. The summed E-state index contributed by atoms with van der Waals surface area (Å²) in [6, 6.07) is 15.7. The molecule has 3 heterocycles. The van der Waals surface area contributed by atoms with Gasteiger partial charge in [-0.25, -0.2) is 0 Å². The van der Waals surface area contributed by atoms with Gasteiger partial charge in [-0.1, -0.05) is 60.8 Å². The summed E-state index contributed by atoms with van der Waals surface area (Å²) in [5.41, 5.74) is 2.85. The molecule has 6 nitrogen and oxygen atoms in total. The molecule has 2 fully saturated rings. The van der Waals surface area contributed by atoms with Gasteiger partial charge in [-0.3, -0.25) is 19.3 Å². The first-order valence-corrected chi connectivity index (χ1v) is 13.0. The molecule has 5 rings (SSSR count). The van der Waals surface area contributed by atoms with E-state index in [1.54, 1.807) is 11.0 Å². The molecule has 3 amide bonds. The van der Waals surface area contributed by atoms with Crippen LogP contribution in [0.15, 0.2) is 59.6 Å². The van der Waals surface area contributed by atoms with Gasteiger partial charge >= 0.3 is 0 Å². The number of hydrogen-bond acceptors (Lipinski definition) is 4. The van der Waals surface area contributed by atoms with Crippen molar-refractivity contribution in [3.63, 3.8) is 0 Å². The molecule has 3 aromatic rings. The molecule has 0 N–H and O–H groups in total. The number of para-hydroxylation sites is 1. The lowest BCUT2D eigenvalue weighted by atomic mass is 10.1. The lowest BCUT2D eigenvalue weighted by Crippen LogP contribution is -2.42. The van der Waals surface area contributed by atoms with Crippen molar-refractivity contribution < 1.29 is 14.4 Å². The Labute approximate surface area is 213 Å². The number of carbonyl (C=O) groups excluding carboxylic acids is 3. The van der Waals surface area contributed by atoms with Crippen LogP contribution in [-0.4, -0.2) is 51.1 Å². The Morgan fingerprint density at radius 3 is 2.46 bits per heavy atom. The number of halogens is 1. The van der Waals surface area contributed by atoms with Crippen molar-refractivity contribution in [3.05, 3.63) is 75.8 Å². The molecule has 2 saturated heterocycles. The number of hydrogen-bond donors (Lipinski definition) is 0. The Kier molecular flexibility index (Phi) is 6.97. The first kappa shape index (κ1) is 23.7. The van der Waals surface area contributed by atoms with Gasteiger partial charge in [-0.15, -0.1) is 0 Å². The van der Waals surface area contributed by atoms with Gasteiger partial charge in [0.25, 0.3) is 11.1 Å². The fourth-order valence-corrected chi connectivity index (χ4v) is 5.69. The lowest BCUT2D eigenvalue weighted by molar-refractivity contribution is -0.135. The number of thioether (sulfide) groups is 1. The van der Waals surface area contributed by atoms with E-state index in [-0.39, 0.29) is 12.5 Å². The van der Waals surface area contributed by atoms with Gasteiger partial charge in [-0.2, -0.15) is 0 Å². The van der Waals surface area contributed by atoms with Crippen LogP contribution >= 0.6 is 23.4 Å². The zero-order valence-corrected chi connectivity index (χ0v) is 20.9. The van der Waals surface area contributed by atoms with E-state index < -0.39 is 11.1 Å². The van der Waals surface area contributed by atoms with E-state index in [9.17, 15) is 14.4 Å². The third-order valence-corrected chi connectivity index (χ3v) is 7.81. The normalized spacial score (nSPS) is 18.0. The second kappa shape index (κ2) is 10.3. The summed E-state index contributed by atoms with van der Waals surface area (Å²) >= 11 is 7.27. The highest BCUT2D eigenvalue weighted by Gasteiger charge is 2.37. The van der Waals surface area contributed by atoms with Crippen LogP contribution in [0.5, 0.6) is 0 Å². The number of imide groups is 1. The van der Waals surface area contributed by atoms with E-state index in [0.29, 0.717) is 29.6 Å². The van der Waals surface area contributed by atoms with Crippen molar-refractivity contribution in [1.29, 1.82) is 0 Å². The minimum atomic E-state index is -0.411. The standard InChI is InChI=1S/C27H26ClN3O3S/c28-22-11-5-3-9-19(22)16-30-17-20(21-10-4-6-12-23(21)30)15-24-26(33)31(27(34)35-24)18-25(32)29-13-7-1-2-8-14-29/h3-6,9-12,15,17H,1-2,7-8,13-14,16,18H2. The molecule has 0 atom stereocenters. The number of rotatable bonds is 5. The van der Waals surface area contributed by atoms with Crippen LogP contribution in [0.1, 0.15) is 36.8 Å². The lowest BCUT2D eigenvalue weighted by Gasteiger charge is -2.22. The van der Waals surface area contributed by atoms with Gasteiger partial charge < -0.3 is 9.47 Å². The summed E-state index contributed by atoms with van der Waals surface area (Å²) < 4.78 is 2.09. The summed E-state index contributed by atoms with van der Waals surface area (Å²) in [5, 5.41) is 1.28. The fourth-order valence-electron chi connectivity index (χ4n) is 4.66. The third kappa shape index (κ3) is 5.02. The zero-order valence-electron chi connectivity index (χ0n) is 19.3. The topological polar surface area (TPSA) is 62.6 Å². The number of fused-ring (bicyclic) bond motifs is 1. The summed E-state index contributed by atoms with van der Waals surface area (Å²) in [4.78, 5) is 41.7. The second-order valence-corrected chi connectivity index (χ2v) is 10.3. The number of carbonyl (C=O) groups is 3. The molecule has 0 radical (unpaired) electrons. The molecule has 2 aliphatic heterocycles. The van der Waals surface area contributed by atoms with Crippen molar-refractivity contribution in [2.45, 2.75) is 32.2 Å². The minimum Gasteiger partial charge on any atom is -0.342 e. The van der Waals surface area contributed by atoms with E-state index in [1.807, 2.05) is 54.7 Å². The number of benzene rings is 2. The van der Waals surface area contributed by atoms with E-state index in [4.69, 9.17) is 11.6 Å². The number of nitrogens with zero attached hydrogens (tertiary/aromatic N) is 3. The van der Waals surface area contributed by atoms with Gasteiger partial charge in [0.15, 0.2) is 0 Å². The van der Waals surface area contributed by atoms with Gasteiger partial charge in [0.2, 0.25) is 5.91 Å². The van der Waals surface area contributed by atoms with Gasteiger partial charge in [0, 0.05) is 47.3 Å². The van der Waals surface area contributed by atoms with Gasteiger partial charge in [0.1, 0.15) is 6.54 Å². The fraction of sp³-hybridized carbons (Fsp3) is 0.296. The summed E-state index contributed by atoms with van der Waals surface area (Å²) in [5.74, 6) is -0.571. The first-order chi connectivity index (χ1) is 17.0. The molecule has 180 valence electrons. The maximum atomic E-state index is 13.1. The number of amides is 3. The van der Waals surface area contributed by atoms with Gasteiger partial charge in [0.05, 0.1) is 4.91 Å². The Morgan fingerprint density at radius 2 is 1.69 bits per heavy atom. The Balaban J connectivity index is 1.39. The minimum absolute atomic E-state index is 0.160. The molecule has 0 saturated carbocycles. The van der Waals surface area contributed by atoms with Crippen molar-refractivity contribution in [3.8, 4) is 0 Å². The van der Waals surface area contributed by atoms with Crippen LogP contribution < -0.4 is 0 Å². The van der Waals surface area contributed by atoms with Crippen molar-refractivity contribution in [2.75, 3.05) is 19.6 Å². The highest BCUT2D eigenvalue weighted by atomic mass is 35.5. The SMILES string of the molecule is O=C(CN1C(=O)SC(=Cc2cn(Cc3ccccc3Cl)c3ccccc23)C1=O)N1CCCCCC1. The molecule has 0 unspecified atom stereocenters. The summed E-state index contributed by atoms with van der Waals surface area (Å²) in [6.45, 7) is 1.77. The van der Waals surface area contributed by atoms with E-state index >= 15 is 0 Å². The van der Waals surface area contributed by atoms with Crippen LogP contribution in [0.2, 0.25) is 5.02 Å².